The van der Waals surface area contributed by atoms with Crippen LogP contribution in [0.3, 0.4) is 0 Å². The van der Waals surface area contributed by atoms with E-state index in [1.807, 2.05) is 18.2 Å². The molecule has 0 aromatic carbocycles. The van der Waals surface area contributed by atoms with Crippen molar-refractivity contribution in [3.63, 3.8) is 0 Å². The Morgan fingerprint density at radius 2 is 2.07 bits per heavy atom. The highest BCUT2D eigenvalue weighted by Gasteiger charge is 2.47. The van der Waals surface area contributed by atoms with Crippen molar-refractivity contribution in [1.82, 2.24) is 0 Å². The average molecular weight is 193 g/mol. The van der Waals surface area contributed by atoms with Gasteiger partial charge in [0.15, 0.2) is 5.96 Å². The fourth-order valence-electron chi connectivity index (χ4n) is 1.86. The third kappa shape index (κ3) is 1.53. The summed E-state index contributed by atoms with van der Waals surface area (Å²) in [5, 5.41) is 10.4. The van der Waals surface area contributed by atoms with Crippen LogP contribution in [0.1, 0.15) is 12.8 Å². The van der Waals surface area contributed by atoms with Crippen molar-refractivity contribution < 1.29 is 5.11 Å². The minimum Gasteiger partial charge on any atom is -0.383 e. The molecule has 2 aliphatic carbocycles. The first kappa shape index (κ1) is 9.27. The Bertz CT molecular complexity index is 313. The summed E-state index contributed by atoms with van der Waals surface area (Å²) in [5.74, 6) is 0.325. The van der Waals surface area contributed by atoms with E-state index in [9.17, 15) is 5.11 Å². The van der Waals surface area contributed by atoms with Gasteiger partial charge in [-0.3, -0.25) is 0 Å². The number of allylic oxidation sites excluding steroid dienone is 2. The number of hydrogen-bond acceptors (Lipinski definition) is 2. The Morgan fingerprint density at radius 3 is 2.64 bits per heavy atom. The van der Waals surface area contributed by atoms with Crippen molar-refractivity contribution in [3.05, 3.63) is 24.3 Å². The highest BCUT2D eigenvalue weighted by Crippen LogP contribution is 2.44. The minimum atomic E-state index is -0.876. The van der Waals surface area contributed by atoms with Crippen LogP contribution in [-0.2, 0) is 0 Å². The average Bonchev–Trinajstić information content (AvgIpc) is 2.91. The fraction of sp³-hybridized carbons (Fsp3) is 0.500. The first-order valence-electron chi connectivity index (χ1n) is 4.80. The van der Waals surface area contributed by atoms with Crippen LogP contribution in [0.25, 0.3) is 0 Å². The topological polar surface area (TPSA) is 84.6 Å². The number of nitrogens with two attached hydrogens (primary N) is 2. The lowest BCUT2D eigenvalue weighted by atomic mass is 9.86. The molecular formula is C10H15N3O. The minimum absolute atomic E-state index is 0.0222. The Kier molecular flexibility index (Phi) is 2.07. The molecule has 5 N–H and O–H groups in total. The van der Waals surface area contributed by atoms with Gasteiger partial charge in [0.05, 0.1) is 0 Å². The molecule has 4 heteroatoms. The van der Waals surface area contributed by atoms with Crippen molar-refractivity contribution in [3.8, 4) is 0 Å². The van der Waals surface area contributed by atoms with Crippen molar-refractivity contribution >= 4 is 5.96 Å². The summed E-state index contributed by atoms with van der Waals surface area (Å²) in [7, 11) is 0. The Morgan fingerprint density at radius 1 is 1.36 bits per heavy atom. The largest absolute Gasteiger partial charge is 0.383 e. The summed E-state index contributed by atoms with van der Waals surface area (Å²) in [6.45, 7) is 0. The Balaban J connectivity index is 2.24. The third-order valence-electron chi connectivity index (χ3n) is 2.76. The molecule has 0 aliphatic heterocycles. The number of guanidine groups is 1. The number of nitrogens with zero attached hydrogens (tertiary/aromatic N) is 1. The van der Waals surface area contributed by atoms with E-state index in [0.717, 1.165) is 12.8 Å². The van der Waals surface area contributed by atoms with Crippen LogP contribution in [0.15, 0.2) is 29.3 Å². The van der Waals surface area contributed by atoms with Crippen LogP contribution in [-0.4, -0.2) is 22.7 Å². The molecule has 1 fully saturated rings. The zero-order valence-corrected chi connectivity index (χ0v) is 7.93. The van der Waals surface area contributed by atoms with Gasteiger partial charge in [-0.1, -0.05) is 24.3 Å². The van der Waals surface area contributed by atoms with Crippen LogP contribution >= 0.6 is 0 Å². The van der Waals surface area contributed by atoms with E-state index in [1.165, 1.54) is 0 Å². The maximum Gasteiger partial charge on any atom is 0.186 e. The van der Waals surface area contributed by atoms with Gasteiger partial charge < -0.3 is 16.6 Å². The number of aliphatic hydroxyl groups is 1. The molecule has 0 heterocycles. The Hall–Kier alpha value is -1.29. The molecule has 0 bridgehead atoms. The van der Waals surface area contributed by atoms with Crippen LogP contribution in [0.4, 0.5) is 0 Å². The van der Waals surface area contributed by atoms with Gasteiger partial charge in [0.25, 0.3) is 0 Å². The zero-order valence-electron chi connectivity index (χ0n) is 7.93. The van der Waals surface area contributed by atoms with E-state index in [4.69, 9.17) is 11.5 Å². The zero-order chi connectivity index (χ0) is 10.2. The third-order valence-corrected chi connectivity index (χ3v) is 2.76. The van der Waals surface area contributed by atoms with Gasteiger partial charge >= 0.3 is 0 Å². The molecule has 2 atom stereocenters. The molecular weight excluding hydrogens is 178 g/mol. The maximum atomic E-state index is 10.4. The predicted octanol–water partition coefficient (Wildman–Crippen LogP) is -0.105. The smallest absolute Gasteiger partial charge is 0.186 e. The predicted molar refractivity (Wildman–Crippen MR) is 55.6 cm³/mol. The van der Waals surface area contributed by atoms with Gasteiger partial charge in [-0.15, -0.1) is 0 Å². The molecule has 76 valence electrons. The van der Waals surface area contributed by atoms with E-state index < -0.39 is 5.60 Å². The maximum absolute atomic E-state index is 10.4. The van der Waals surface area contributed by atoms with Gasteiger partial charge in [-0.05, 0) is 18.8 Å². The van der Waals surface area contributed by atoms with E-state index in [0.29, 0.717) is 5.92 Å². The first-order chi connectivity index (χ1) is 6.63. The fourth-order valence-corrected chi connectivity index (χ4v) is 1.86. The van der Waals surface area contributed by atoms with Gasteiger partial charge in [0, 0.05) is 0 Å². The van der Waals surface area contributed by atoms with Crippen LogP contribution in [0, 0.1) is 5.92 Å². The molecule has 0 radical (unpaired) electrons. The van der Waals surface area contributed by atoms with Gasteiger partial charge in [-0.2, -0.15) is 0 Å². The van der Waals surface area contributed by atoms with Crippen molar-refractivity contribution in [2.75, 3.05) is 0 Å². The van der Waals surface area contributed by atoms with Crippen LogP contribution < -0.4 is 11.5 Å². The van der Waals surface area contributed by atoms with E-state index >= 15 is 0 Å². The molecule has 14 heavy (non-hydrogen) atoms. The van der Waals surface area contributed by atoms with Crippen LogP contribution in [0.2, 0.25) is 0 Å². The number of hydrogen-bond donors (Lipinski definition) is 3. The lowest BCUT2D eigenvalue weighted by Gasteiger charge is -2.31. The molecule has 0 aromatic heterocycles. The summed E-state index contributed by atoms with van der Waals surface area (Å²) in [6.07, 6.45) is 9.42. The number of aliphatic imine (C=N–C) groups is 1. The lowest BCUT2D eigenvalue weighted by Crippen LogP contribution is -2.43. The highest BCUT2D eigenvalue weighted by molar-refractivity contribution is 5.76. The molecule has 0 spiro atoms. The lowest BCUT2D eigenvalue weighted by molar-refractivity contribution is 0.0540. The normalized spacial score (nSPS) is 35.6. The second-order valence-corrected chi connectivity index (χ2v) is 3.90. The van der Waals surface area contributed by atoms with Gasteiger partial charge in [-0.25, -0.2) is 4.99 Å². The summed E-state index contributed by atoms with van der Waals surface area (Å²) >= 11 is 0. The molecule has 2 rings (SSSR count). The quantitative estimate of drug-likeness (QED) is 0.423. The Labute approximate surface area is 83.0 Å². The summed E-state index contributed by atoms with van der Waals surface area (Å²) in [5.41, 5.74) is 9.77. The summed E-state index contributed by atoms with van der Waals surface area (Å²) in [4.78, 5) is 4.04. The number of rotatable bonds is 2. The molecule has 1 saturated carbocycles. The summed E-state index contributed by atoms with van der Waals surface area (Å²) in [6, 6.07) is -0.329. The van der Waals surface area contributed by atoms with Gasteiger partial charge in [0.2, 0.25) is 0 Å². The van der Waals surface area contributed by atoms with E-state index in [2.05, 4.69) is 4.99 Å². The van der Waals surface area contributed by atoms with Crippen LogP contribution in [0.5, 0.6) is 0 Å². The molecule has 0 aromatic rings. The van der Waals surface area contributed by atoms with Crippen molar-refractivity contribution in [2.45, 2.75) is 24.5 Å². The van der Waals surface area contributed by atoms with Gasteiger partial charge in [0.1, 0.15) is 11.6 Å². The molecule has 4 nitrogen and oxygen atoms in total. The molecule has 2 aliphatic rings. The monoisotopic (exact) mass is 193 g/mol. The second-order valence-electron chi connectivity index (χ2n) is 3.90. The van der Waals surface area contributed by atoms with E-state index in [1.54, 1.807) is 6.08 Å². The molecule has 2 unspecified atom stereocenters. The summed E-state index contributed by atoms with van der Waals surface area (Å²) < 4.78 is 0. The molecule has 0 amide bonds. The second kappa shape index (κ2) is 3.13. The highest BCUT2D eigenvalue weighted by atomic mass is 16.3. The van der Waals surface area contributed by atoms with Crippen molar-refractivity contribution in [1.29, 1.82) is 0 Å². The first-order valence-corrected chi connectivity index (χ1v) is 4.80. The molecule has 0 saturated heterocycles. The van der Waals surface area contributed by atoms with E-state index in [-0.39, 0.29) is 12.0 Å². The van der Waals surface area contributed by atoms with Crippen molar-refractivity contribution in [2.24, 2.45) is 22.4 Å². The SMILES string of the molecule is NC(N)=NC1C=CC=CC1(O)C1CC1. The standard InChI is InChI=1S/C10H15N3O/c11-9(12)13-8-3-1-2-6-10(8,14)7-4-5-7/h1-3,6-8,14H,4-5H2,(H4,11,12,13).